The molecule has 54 heavy (non-hydrogen) atoms. The van der Waals surface area contributed by atoms with Crippen molar-refractivity contribution in [3.63, 3.8) is 0 Å². The first-order valence-corrected chi connectivity index (χ1v) is 18.7. The Morgan fingerprint density at radius 3 is 1.65 bits per heavy atom. The van der Waals surface area contributed by atoms with Crippen LogP contribution in [-0.4, -0.2) is 9.13 Å². The Kier molecular flexibility index (Phi) is 6.96. The van der Waals surface area contributed by atoms with Gasteiger partial charge in [0.1, 0.15) is 6.17 Å². The SMILES string of the molecule is c1ccc(-c2ccc3c4cc(-c5ccc6c(c5)c5ccccc5n6-c5ccccc5)ccc4n(C4Nc5ccccc5NC4c4ccccc4)c3c2)cc1. The summed E-state index contributed by atoms with van der Waals surface area (Å²) in [5.41, 5.74) is 14.2. The predicted molar refractivity (Wildman–Crippen MR) is 227 cm³/mol. The molecule has 0 radical (unpaired) electrons. The second-order valence-electron chi connectivity index (χ2n) is 14.3. The molecule has 0 amide bonds. The minimum absolute atomic E-state index is 0.00991. The molecule has 0 bridgehead atoms. The van der Waals surface area contributed by atoms with Crippen molar-refractivity contribution in [2.24, 2.45) is 0 Å². The zero-order chi connectivity index (χ0) is 35.6. The highest BCUT2D eigenvalue weighted by atomic mass is 15.3. The van der Waals surface area contributed by atoms with E-state index < -0.39 is 0 Å². The Balaban J connectivity index is 1.13. The van der Waals surface area contributed by atoms with Crippen molar-refractivity contribution in [2.45, 2.75) is 12.2 Å². The lowest BCUT2D eigenvalue weighted by atomic mass is 9.99. The summed E-state index contributed by atoms with van der Waals surface area (Å²) < 4.78 is 4.90. The van der Waals surface area contributed by atoms with E-state index in [-0.39, 0.29) is 12.2 Å². The molecule has 0 aliphatic carbocycles. The molecule has 2 aromatic heterocycles. The third kappa shape index (κ3) is 4.84. The van der Waals surface area contributed by atoms with Crippen LogP contribution in [0, 0.1) is 0 Å². The van der Waals surface area contributed by atoms with Gasteiger partial charge in [-0.05, 0) is 88.5 Å². The Morgan fingerprint density at radius 1 is 0.352 bits per heavy atom. The number of para-hydroxylation sites is 4. The highest BCUT2D eigenvalue weighted by Crippen LogP contribution is 2.45. The maximum Gasteiger partial charge on any atom is 0.129 e. The molecule has 10 aromatic rings. The molecule has 2 atom stereocenters. The van der Waals surface area contributed by atoms with Crippen LogP contribution < -0.4 is 10.6 Å². The topological polar surface area (TPSA) is 33.9 Å². The Bertz CT molecular complexity index is 3000. The molecule has 0 saturated heterocycles. The van der Waals surface area contributed by atoms with Gasteiger partial charge in [-0.15, -0.1) is 0 Å². The highest BCUT2D eigenvalue weighted by Gasteiger charge is 2.32. The average Bonchev–Trinajstić information content (AvgIpc) is 3.76. The van der Waals surface area contributed by atoms with E-state index >= 15 is 0 Å². The number of aromatic nitrogens is 2. The number of nitrogens with one attached hydrogen (secondary N) is 2. The van der Waals surface area contributed by atoms with Gasteiger partial charge in [0.15, 0.2) is 0 Å². The van der Waals surface area contributed by atoms with Crippen LogP contribution in [0.15, 0.2) is 194 Å². The molecule has 0 fully saturated rings. The van der Waals surface area contributed by atoms with Gasteiger partial charge in [-0.3, -0.25) is 0 Å². The molecule has 0 spiro atoms. The molecule has 2 N–H and O–H groups in total. The van der Waals surface area contributed by atoms with Gasteiger partial charge in [0.05, 0.1) is 39.5 Å². The van der Waals surface area contributed by atoms with Gasteiger partial charge in [-0.2, -0.15) is 0 Å². The summed E-state index contributed by atoms with van der Waals surface area (Å²) in [6, 6.07) is 70.4. The van der Waals surface area contributed by atoms with Crippen molar-refractivity contribution in [3.8, 4) is 27.9 Å². The Labute approximate surface area is 313 Å². The van der Waals surface area contributed by atoms with E-state index in [4.69, 9.17) is 0 Å². The summed E-state index contributed by atoms with van der Waals surface area (Å²) in [4.78, 5) is 0. The van der Waals surface area contributed by atoms with Crippen molar-refractivity contribution in [1.29, 1.82) is 0 Å². The zero-order valence-corrected chi connectivity index (χ0v) is 29.5. The second-order valence-corrected chi connectivity index (χ2v) is 14.3. The Morgan fingerprint density at radius 2 is 0.889 bits per heavy atom. The molecule has 3 heterocycles. The molecular weight excluding hydrogens is 657 g/mol. The maximum absolute atomic E-state index is 3.99. The van der Waals surface area contributed by atoms with Gasteiger partial charge < -0.3 is 19.8 Å². The molecule has 8 aromatic carbocycles. The van der Waals surface area contributed by atoms with Gasteiger partial charge in [0.25, 0.3) is 0 Å². The lowest BCUT2D eigenvalue weighted by Crippen LogP contribution is -2.34. The monoisotopic (exact) mass is 692 g/mol. The summed E-state index contributed by atoms with van der Waals surface area (Å²) in [7, 11) is 0. The van der Waals surface area contributed by atoms with Crippen molar-refractivity contribution < 1.29 is 0 Å². The molecule has 1 aliphatic heterocycles. The molecular formula is C50H36N4. The fourth-order valence-electron chi connectivity index (χ4n) is 8.71. The van der Waals surface area contributed by atoms with E-state index in [1.165, 1.54) is 77.1 Å². The highest BCUT2D eigenvalue weighted by molar-refractivity contribution is 6.12. The number of nitrogens with zero attached hydrogens (tertiary/aromatic N) is 2. The largest absolute Gasteiger partial charge is 0.373 e. The fourth-order valence-corrected chi connectivity index (χ4v) is 8.71. The smallest absolute Gasteiger partial charge is 0.129 e. The standard InChI is InChI=1S/C50H36N4/c1-4-14-33(15-5-1)37-24-27-40-42-31-36(35-25-28-46-41(30-35)39-20-10-13-23-45(39)53(46)38-18-8-3-9-19-38)26-29-47(42)54(48(40)32-37)50-49(34-16-6-2-7-17-34)51-43-21-11-12-22-44(43)52-50/h1-32,49-52H. The van der Waals surface area contributed by atoms with E-state index in [9.17, 15) is 0 Å². The number of hydrogen-bond donors (Lipinski definition) is 2. The minimum atomic E-state index is -0.0976. The number of fused-ring (bicyclic) bond motifs is 7. The summed E-state index contributed by atoms with van der Waals surface area (Å²) in [5, 5.41) is 12.9. The number of hydrogen-bond acceptors (Lipinski definition) is 2. The zero-order valence-electron chi connectivity index (χ0n) is 29.5. The van der Waals surface area contributed by atoms with Crippen LogP contribution in [0.5, 0.6) is 0 Å². The van der Waals surface area contributed by atoms with Crippen LogP contribution in [0.1, 0.15) is 17.8 Å². The predicted octanol–water partition coefficient (Wildman–Crippen LogP) is 13.0. The van der Waals surface area contributed by atoms with Crippen molar-refractivity contribution >= 4 is 55.0 Å². The van der Waals surface area contributed by atoms with Gasteiger partial charge in [0.2, 0.25) is 0 Å². The third-order valence-electron chi connectivity index (χ3n) is 11.2. The van der Waals surface area contributed by atoms with E-state index in [1.54, 1.807) is 0 Å². The lowest BCUT2D eigenvalue weighted by molar-refractivity contribution is 0.506. The maximum atomic E-state index is 3.99. The third-order valence-corrected chi connectivity index (χ3v) is 11.2. The van der Waals surface area contributed by atoms with Crippen molar-refractivity contribution in [1.82, 2.24) is 9.13 Å². The molecule has 4 nitrogen and oxygen atoms in total. The molecule has 11 rings (SSSR count). The van der Waals surface area contributed by atoms with Crippen LogP contribution >= 0.6 is 0 Å². The van der Waals surface area contributed by atoms with E-state index in [1.807, 2.05) is 0 Å². The second kappa shape index (κ2) is 12.3. The fraction of sp³-hybridized carbons (Fsp3) is 0.0400. The summed E-state index contributed by atoms with van der Waals surface area (Å²) in [6.07, 6.45) is -0.0976. The van der Waals surface area contributed by atoms with Gasteiger partial charge in [-0.1, -0.05) is 133 Å². The Hall–Kier alpha value is -7.04. The van der Waals surface area contributed by atoms with E-state index in [2.05, 4.69) is 214 Å². The molecule has 2 unspecified atom stereocenters. The first-order chi connectivity index (χ1) is 26.8. The van der Waals surface area contributed by atoms with Crippen LogP contribution in [0.3, 0.4) is 0 Å². The number of rotatable bonds is 5. The molecule has 0 saturated carbocycles. The van der Waals surface area contributed by atoms with Gasteiger partial charge >= 0.3 is 0 Å². The first-order valence-electron chi connectivity index (χ1n) is 18.7. The lowest BCUT2D eigenvalue weighted by Gasteiger charge is -2.38. The summed E-state index contributed by atoms with van der Waals surface area (Å²) in [5.74, 6) is 0. The van der Waals surface area contributed by atoms with Crippen molar-refractivity contribution in [3.05, 3.63) is 200 Å². The quantitative estimate of drug-likeness (QED) is 0.188. The molecule has 256 valence electrons. The van der Waals surface area contributed by atoms with E-state index in [0.717, 1.165) is 11.4 Å². The number of benzene rings is 8. The minimum Gasteiger partial charge on any atom is -0.373 e. The van der Waals surface area contributed by atoms with E-state index in [0.29, 0.717) is 0 Å². The number of anilines is 2. The van der Waals surface area contributed by atoms with Gasteiger partial charge in [-0.25, -0.2) is 0 Å². The van der Waals surface area contributed by atoms with Crippen LogP contribution in [0.25, 0.3) is 71.6 Å². The molecule has 1 aliphatic rings. The summed E-state index contributed by atoms with van der Waals surface area (Å²) >= 11 is 0. The van der Waals surface area contributed by atoms with Crippen LogP contribution in [-0.2, 0) is 0 Å². The van der Waals surface area contributed by atoms with Crippen molar-refractivity contribution in [2.75, 3.05) is 10.6 Å². The van der Waals surface area contributed by atoms with Crippen LogP contribution in [0.4, 0.5) is 11.4 Å². The van der Waals surface area contributed by atoms with Crippen LogP contribution in [0.2, 0.25) is 0 Å². The van der Waals surface area contributed by atoms with Gasteiger partial charge in [0, 0.05) is 27.2 Å². The normalized spacial score (nSPS) is 15.3. The first kappa shape index (κ1) is 30.6. The summed E-state index contributed by atoms with van der Waals surface area (Å²) in [6.45, 7) is 0. The average molecular weight is 693 g/mol. The molecule has 4 heteroatoms.